The minimum Gasteiger partial charge on any atom is -0.497 e. The van der Waals surface area contributed by atoms with Gasteiger partial charge in [0.25, 0.3) is 5.91 Å². The zero-order valence-corrected chi connectivity index (χ0v) is 20.6. The maximum absolute atomic E-state index is 13.8. The van der Waals surface area contributed by atoms with Crippen LogP contribution in [-0.4, -0.2) is 62.3 Å². The Morgan fingerprint density at radius 2 is 2.00 bits per heavy atom. The average molecular weight is 502 g/mol. The van der Waals surface area contributed by atoms with Crippen LogP contribution in [0.1, 0.15) is 16.1 Å². The standard InChI is InChI=1S/C24H24ClN3O3S2/c1-30-16-7-8-20-18(15-16)26-24(33-20)28(10-4-9-27-11-13-31-14-12-27)23(29)22-21(25)17-5-2-3-6-19(17)32-22/h2-3,5-8,15H,4,9-14H2,1H3. The summed E-state index contributed by atoms with van der Waals surface area (Å²) in [5, 5.41) is 2.11. The van der Waals surface area contributed by atoms with E-state index in [-0.39, 0.29) is 5.91 Å². The van der Waals surface area contributed by atoms with Gasteiger partial charge in [-0.15, -0.1) is 11.3 Å². The van der Waals surface area contributed by atoms with Crippen molar-refractivity contribution in [3.63, 3.8) is 0 Å². The number of halogens is 1. The van der Waals surface area contributed by atoms with Crippen molar-refractivity contribution in [1.82, 2.24) is 9.88 Å². The zero-order chi connectivity index (χ0) is 22.8. The summed E-state index contributed by atoms with van der Waals surface area (Å²) < 4.78 is 12.8. The Balaban J connectivity index is 1.46. The van der Waals surface area contributed by atoms with Crippen molar-refractivity contribution in [3.8, 4) is 5.75 Å². The van der Waals surface area contributed by atoms with Crippen molar-refractivity contribution in [2.24, 2.45) is 0 Å². The molecule has 0 saturated carbocycles. The topological polar surface area (TPSA) is 54.9 Å². The smallest absolute Gasteiger partial charge is 0.271 e. The van der Waals surface area contributed by atoms with Crippen LogP contribution in [0.25, 0.3) is 20.3 Å². The average Bonchev–Trinajstić information content (AvgIpc) is 3.42. The molecule has 9 heteroatoms. The third-order valence-electron chi connectivity index (χ3n) is 5.75. The van der Waals surface area contributed by atoms with Gasteiger partial charge in [0.2, 0.25) is 0 Å². The molecule has 1 amide bonds. The van der Waals surface area contributed by atoms with Crippen LogP contribution in [-0.2, 0) is 4.74 Å². The maximum atomic E-state index is 13.8. The van der Waals surface area contributed by atoms with Crippen LogP contribution in [0.3, 0.4) is 0 Å². The fourth-order valence-corrected chi connectivity index (χ4v) is 6.40. The molecule has 4 aromatic rings. The van der Waals surface area contributed by atoms with Crippen molar-refractivity contribution in [2.75, 3.05) is 51.4 Å². The number of hydrogen-bond acceptors (Lipinski definition) is 7. The SMILES string of the molecule is COc1ccc2sc(N(CCCN3CCOCC3)C(=O)c3sc4ccccc4c3Cl)nc2c1. The first-order valence-corrected chi connectivity index (χ1v) is 12.9. The lowest BCUT2D eigenvalue weighted by Crippen LogP contribution is -2.39. The van der Waals surface area contributed by atoms with Gasteiger partial charge in [-0.2, -0.15) is 0 Å². The summed E-state index contributed by atoms with van der Waals surface area (Å²) >= 11 is 9.61. The third kappa shape index (κ3) is 4.72. The van der Waals surface area contributed by atoms with Crippen molar-refractivity contribution in [3.05, 3.63) is 52.4 Å². The highest BCUT2D eigenvalue weighted by Gasteiger charge is 2.26. The number of hydrogen-bond donors (Lipinski definition) is 0. The van der Waals surface area contributed by atoms with Gasteiger partial charge in [-0.05, 0) is 24.6 Å². The fraction of sp³-hybridized carbons (Fsp3) is 0.333. The number of fused-ring (bicyclic) bond motifs is 2. The van der Waals surface area contributed by atoms with Gasteiger partial charge in [-0.3, -0.25) is 14.6 Å². The summed E-state index contributed by atoms with van der Waals surface area (Å²) in [6.07, 6.45) is 0.841. The quantitative estimate of drug-likeness (QED) is 0.332. The van der Waals surface area contributed by atoms with Gasteiger partial charge in [0.1, 0.15) is 10.6 Å². The maximum Gasteiger partial charge on any atom is 0.271 e. The highest BCUT2D eigenvalue weighted by molar-refractivity contribution is 7.23. The molecule has 5 rings (SSSR count). The summed E-state index contributed by atoms with van der Waals surface area (Å²) in [5.41, 5.74) is 0.822. The molecule has 0 N–H and O–H groups in total. The van der Waals surface area contributed by atoms with Crippen molar-refractivity contribution < 1.29 is 14.3 Å². The van der Waals surface area contributed by atoms with Gasteiger partial charge in [0.15, 0.2) is 5.13 Å². The van der Waals surface area contributed by atoms with E-state index in [0.29, 0.717) is 21.6 Å². The molecule has 0 unspecified atom stereocenters. The van der Waals surface area contributed by atoms with Crippen LogP contribution < -0.4 is 9.64 Å². The number of rotatable bonds is 7. The highest BCUT2D eigenvalue weighted by atomic mass is 35.5. The van der Waals surface area contributed by atoms with Crippen molar-refractivity contribution in [1.29, 1.82) is 0 Å². The number of carbonyl (C=O) groups excluding carboxylic acids is 1. The van der Waals surface area contributed by atoms with E-state index >= 15 is 0 Å². The predicted octanol–water partition coefficient (Wildman–Crippen LogP) is 5.54. The Hall–Kier alpha value is -2.23. The number of methoxy groups -OCH3 is 1. The number of ether oxygens (including phenoxy) is 2. The van der Waals surface area contributed by atoms with E-state index < -0.39 is 0 Å². The third-order valence-corrected chi connectivity index (χ3v) is 8.47. The molecule has 0 atom stereocenters. The number of aromatic nitrogens is 1. The molecule has 1 saturated heterocycles. The summed E-state index contributed by atoms with van der Waals surface area (Å²) in [4.78, 5) is 23.3. The number of nitrogens with zero attached hydrogens (tertiary/aromatic N) is 3. The predicted molar refractivity (Wildman–Crippen MR) is 137 cm³/mol. The molecule has 2 aromatic carbocycles. The summed E-state index contributed by atoms with van der Waals surface area (Å²) in [6.45, 7) is 4.86. The minimum absolute atomic E-state index is 0.103. The van der Waals surface area contributed by atoms with Gasteiger partial charge in [-0.25, -0.2) is 4.98 Å². The first-order valence-electron chi connectivity index (χ1n) is 10.9. The second kappa shape index (κ2) is 9.95. The molecule has 1 aliphatic heterocycles. The molecule has 0 spiro atoms. The normalized spacial score (nSPS) is 14.7. The van der Waals surface area contributed by atoms with Gasteiger partial charge in [-0.1, -0.05) is 41.1 Å². The molecule has 172 valence electrons. The van der Waals surface area contributed by atoms with Crippen molar-refractivity contribution in [2.45, 2.75) is 6.42 Å². The zero-order valence-electron chi connectivity index (χ0n) is 18.3. The largest absolute Gasteiger partial charge is 0.497 e. The fourth-order valence-electron chi connectivity index (χ4n) is 3.97. The first-order chi connectivity index (χ1) is 16.1. The Morgan fingerprint density at radius 3 is 2.79 bits per heavy atom. The van der Waals surface area contributed by atoms with E-state index in [1.807, 2.05) is 42.5 Å². The molecule has 3 heterocycles. The van der Waals surface area contributed by atoms with Gasteiger partial charge < -0.3 is 9.47 Å². The van der Waals surface area contributed by atoms with Gasteiger partial charge in [0, 0.05) is 42.3 Å². The van der Waals surface area contributed by atoms with E-state index in [9.17, 15) is 4.79 Å². The van der Waals surface area contributed by atoms with Crippen LogP contribution in [0.15, 0.2) is 42.5 Å². The number of thiazole rings is 1. The number of benzene rings is 2. The van der Waals surface area contributed by atoms with Crippen LogP contribution in [0.5, 0.6) is 5.75 Å². The number of thiophene rings is 1. The van der Waals surface area contributed by atoms with E-state index in [1.165, 1.54) is 22.7 Å². The molecule has 2 aromatic heterocycles. The first kappa shape index (κ1) is 22.6. The molecule has 1 aliphatic rings. The summed E-state index contributed by atoms with van der Waals surface area (Å²) in [5.74, 6) is 0.645. The Bertz CT molecular complexity index is 1280. The summed E-state index contributed by atoms with van der Waals surface area (Å²) in [7, 11) is 1.64. The Kier molecular flexibility index (Phi) is 6.80. The number of carbonyl (C=O) groups is 1. The summed E-state index contributed by atoms with van der Waals surface area (Å²) in [6, 6.07) is 13.7. The molecular weight excluding hydrogens is 478 g/mol. The molecule has 0 bridgehead atoms. The molecule has 33 heavy (non-hydrogen) atoms. The number of amides is 1. The van der Waals surface area contributed by atoms with E-state index in [1.54, 1.807) is 12.0 Å². The lowest BCUT2D eigenvalue weighted by atomic mass is 10.2. The van der Waals surface area contributed by atoms with Crippen LogP contribution in [0.2, 0.25) is 5.02 Å². The molecule has 0 radical (unpaired) electrons. The lowest BCUT2D eigenvalue weighted by molar-refractivity contribution is 0.0376. The number of anilines is 1. The van der Waals surface area contributed by atoms with Gasteiger partial charge in [0.05, 0.1) is 35.6 Å². The second-order valence-corrected chi connectivity index (χ2v) is 10.3. The highest BCUT2D eigenvalue weighted by Crippen LogP contribution is 2.38. The van der Waals surface area contributed by atoms with Crippen LogP contribution >= 0.6 is 34.3 Å². The van der Waals surface area contributed by atoms with Crippen LogP contribution in [0, 0.1) is 0 Å². The van der Waals surface area contributed by atoms with Crippen LogP contribution in [0.4, 0.5) is 5.13 Å². The van der Waals surface area contributed by atoms with Crippen molar-refractivity contribution >= 4 is 65.6 Å². The Labute approximate surface area is 205 Å². The minimum atomic E-state index is -0.103. The number of morpholine rings is 1. The molecular formula is C24H24ClN3O3S2. The lowest BCUT2D eigenvalue weighted by Gasteiger charge is -2.27. The molecule has 1 fully saturated rings. The second-order valence-electron chi connectivity index (χ2n) is 7.84. The molecule has 0 aliphatic carbocycles. The monoisotopic (exact) mass is 501 g/mol. The van der Waals surface area contributed by atoms with E-state index in [0.717, 1.165) is 65.3 Å². The molecule has 6 nitrogen and oxygen atoms in total. The van der Waals surface area contributed by atoms with E-state index in [4.69, 9.17) is 26.1 Å². The Morgan fingerprint density at radius 1 is 1.18 bits per heavy atom. The van der Waals surface area contributed by atoms with E-state index in [2.05, 4.69) is 4.90 Å². The van der Waals surface area contributed by atoms with Gasteiger partial charge >= 0.3 is 0 Å².